The zero-order valence-corrected chi connectivity index (χ0v) is 12.6. The lowest BCUT2D eigenvalue weighted by Gasteiger charge is -2.09. The van der Waals surface area contributed by atoms with Crippen LogP contribution < -0.4 is 14.2 Å². The molecule has 0 saturated heterocycles. The number of fused-ring (bicyclic) bond motifs is 2. The lowest BCUT2D eigenvalue weighted by atomic mass is 10.3. The van der Waals surface area contributed by atoms with Gasteiger partial charge in [0.25, 0.3) is 5.52 Å². The molecule has 0 spiro atoms. The van der Waals surface area contributed by atoms with E-state index in [9.17, 15) is 0 Å². The lowest BCUT2D eigenvalue weighted by molar-refractivity contribution is -0.674. The van der Waals surface area contributed by atoms with Crippen LogP contribution in [0.1, 0.15) is 12.8 Å². The summed E-state index contributed by atoms with van der Waals surface area (Å²) in [5.41, 5.74) is 3.04. The van der Waals surface area contributed by atoms with Crippen molar-refractivity contribution in [1.82, 2.24) is 0 Å². The van der Waals surface area contributed by atoms with Crippen molar-refractivity contribution >= 4 is 22.9 Å². The van der Waals surface area contributed by atoms with Gasteiger partial charge in [0.2, 0.25) is 11.5 Å². The molecule has 1 aromatic heterocycles. The second kappa shape index (κ2) is 4.91. The van der Waals surface area contributed by atoms with Gasteiger partial charge in [0.05, 0.1) is 5.69 Å². The standard InChI is InChI=1S/C18H17N2O2/c1-3-20-14-9-5-7-11-16(14)22-18(20)12-17-19(2)13-8-4-6-10-15(13)21-17/h4-12H,3H2,1-2H3/q+1. The minimum atomic E-state index is 0.766. The monoisotopic (exact) mass is 293 g/mol. The summed E-state index contributed by atoms with van der Waals surface area (Å²) >= 11 is 0. The van der Waals surface area contributed by atoms with Crippen LogP contribution in [0.3, 0.4) is 0 Å². The van der Waals surface area contributed by atoms with Crippen molar-refractivity contribution in [3.63, 3.8) is 0 Å². The van der Waals surface area contributed by atoms with Gasteiger partial charge in [-0.2, -0.15) is 4.57 Å². The van der Waals surface area contributed by atoms with Crippen molar-refractivity contribution in [2.75, 3.05) is 11.9 Å². The summed E-state index contributed by atoms with van der Waals surface area (Å²) in [6, 6.07) is 16.1. The highest BCUT2D eigenvalue weighted by molar-refractivity contribution is 5.72. The number of oxazole rings is 1. The Labute approximate surface area is 128 Å². The highest BCUT2D eigenvalue weighted by Crippen LogP contribution is 2.37. The summed E-state index contributed by atoms with van der Waals surface area (Å²) in [7, 11) is 2.00. The highest BCUT2D eigenvalue weighted by Gasteiger charge is 2.26. The molecule has 4 heteroatoms. The van der Waals surface area contributed by atoms with Crippen LogP contribution in [0, 0.1) is 0 Å². The third-order valence-electron chi connectivity index (χ3n) is 3.97. The molecule has 0 aliphatic carbocycles. The van der Waals surface area contributed by atoms with Crippen molar-refractivity contribution < 1.29 is 13.7 Å². The molecule has 2 aromatic carbocycles. The Morgan fingerprint density at radius 3 is 2.68 bits per heavy atom. The average molecular weight is 293 g/mol. The van der Waals surface area contributed by atoms with Gasteiger partial charge in [-0.1, -0.05) is 24.3 Å². The molecular formula is C18H17N2O2+. The number of hydrogen-bond donors (Lipinski definition) is 0. The van der Waals surface area contributed by atoms with Crippen LogP contribution >= 0.6 is 0 Å². The van der Waals surface area contributed by atoms with Crippen LogP contribution in [-0.4, -0.2) is 7.05 Å². The van der Waals surface area contributed by atoms with E-state index in [0.717, 1.165) is 40.9 Å². The van der Waals surface area contributed by atoms with Gasteiger partial charge < -0.3 is 14.1 Å². The van der Waals surface area contributed by atoms with Gasteiger partial charge in [-0.3, -0.25) is 0 Å². The maximum atomic E-state index is 5.98. The number of aromatic nitrogens is 1. The first-order valence-electron chi connectivity index (χ1n) is 7.41. The minimum Gasteiger partial charge on any atom is -0.438 e. The van der Waals surface area contributed by atoms with E-state index in [1.165, 1.54) is 0 Å². The fourth-order valence-corrected chi connectivity index (χ4v) is 2.84. The smallest absolute Gasteiger partial charge is 0.379 e. The Morgan fingerprint density at radius 2 is 1.86 bits per heavy atom. The molecule has 0 amide bonds. The van der Waals surface area contributed by atoms with E-state index in [2.05, 4.69) is 17.6 Å². The number of rotatable bonds is 2. The van der Waals surface area contributed by atoms with Gasteiger partial charge in [0, 0.05) is 13.1 Å². The van der Waals surface area contributed by atoms with Crippen LogP contribution in [-0.2, 0) is 6.54 Å². The second-order valence-electron chi connectivity index (χ2n) is 5.26. The number of ether oxygens (including phenoxy) is 1. The van der Waals surface area contributed by atoms with E-state index in [4.69, 9.17) is 9.15 Å². The molecule has 0 bridgehead atoms. The zero-order chi connectivity index (χ0) is 15.1. The van der Waals surface area contributed by atoms with E-state index >= 15 is 0 Å². The third-order valence-corrected chi connectivity index (χ3v) is 3.97. The molecule has 0 N–H and O–H groups in total. The molecular weight excluding hydrogens is 276 g/mol. The molecule has 1 aliphatic heterocycles. The Hall–Kier alpha value is -2.75. The van der Waals surface area contributed by atoms with Crippen molar-refractivity contribution in [3.8, 4) is 5.75 Å². The highest BCUT2D eigenvalue weighted by atomic mass is 16.5. The van der Waals surface area contributed by atoms with Crippen LogP contribution in [0.15, 0.2) is 58.8 Å². The fourth-order valence-electron chi connectivity index (χ4n) is 2.84. The molecule has 2 heterocycles. The second-order valence-corrected chi connectivity index (χ2v) is 5.26. The summed E-state index contributed by atoms with van der Waals surface area (Å²) in [5, 5.41) is 0. The lowest BCUT2D eigenvalue weighted by Crippen LogP contribution is -2.34. The van der Waals surface area contributed by atoms with Crippen LogP contribution in [0.5, 0.6) is 5.75 Å². The number of para-hydroxylation sites is 4. The average Bonchev–Trinajstić information content (AvgIpc) is 3.06. The first-order chi connectivity index (χ1) is 10.8. The summed E-state index contributed by atoms with van der Waals surface area (Å²) in [5.74, 6) is 2.43. The molecule has 0 saturated carbocycles. The minimum absolute atomic E-state index is 0.766. The third kappa shape index (κ3) is 1.88. The topological polar surface area (TPSA) is 29.5 Å². The van der Waals surface area contributed by atoms with E-state index in [1.807, 2.05) is 60.5 Å². The largest absolute Gasteiger partial charge is 0.438 e. The fraction of sp³-hybridized carbons (Fsp3) is 0.167. The first kappa shape index (κ1) is 13.0. The molecule has 0 fully saturated rings. The summed E-state index contributed by atoms with van der Waals surface area (Å²) in [6.07, 6.45) is 1.95. The van der Waals surface area contributed by atoms with Gasteiger partial charge in [0.15, 0.2) is 5.75 Å². The van der Waals surface area contributed by atoms with E-state index in [0.29, 0.717) is 0 Å². The summed E-state index contributed by atoms with van der Waals surface area (Å²) in [4.78, 5) is 2.03. The molecule has 4 nitrogen and oxygen atoms in total. The molecule has 110 valence electrons. The van der Waals surface area contributed by atoms with Crippen LogP contribution in [0.25, 0.3) is 17.2 Å². The Bertz CT molecular complexity index is 880. The number of hydrogen-bond acceptors (Lipinski definition) is 3. The Morgan fingerprint density at radius 1 is 1.09 bits per heavy atom. The molecule has 0 atom stereocenters. The molecule has 0 radical (unpaired) electrons. The Balaban J connectivity index is 1.81. The van der Waals surface area contributed by atoms with Crippen LogP contribution in [0.4, 0.5) is 5.69 Å². The van der Waals surface area contributed by atoms with Crippen molar-refractivity contribution in [1.29, 1.82) is 0 Å². The number of benzene rings is 2. The van der Waals surface area contributed by atoms with Gasteiger partial charge >= 0.3 is 5.89 Å². The van der Waals surface area contributed by atoms with Crippen molar-refractivity contribution in [2.24, 2.45) is 0 Å². The maximum Gasteiger partial charge on any atom is 0.379 e. The number of aryl methyl sites for hydroxylation is 1. The number of anilines is 1. The summed E-state index contributed by atoms with van der Waals surface area (Å²) < 4.78 is 14.1. The normalized spacial score (nSPS) is 15.4. The molecule has 22 heavy (non-hydrogen) atoms. The molecule has 0 unspecified atom stereocenters. The predicted molar refractivity (Wildman–Crippen MR) is 85.5 cm³/mol. The SMILES string of the molecule is CC[n+]1c(C=C2Oc3ccccc3N2C)oc2ccccc21. The Kier molecular flexibility index (Phi) is 2.89. The molecule has 1 aliphatic rings. The molecule has 4 rings (SSSR count). The quantitative estimate of drug-likeness (QED) is 0.677. The summed E-state index contributed by atoms with van der Waals surface area (Å²) in [6.45, 7) is 2.95. The van der Waals surface area contributed by atoms with Crippen molar-refractivity contribution in [3.05, 3.63) is 60.3 Å². The van der Waals surface area contributed by atoms with Gasteiger partial charge in [-0.15, -0.1) is 0 Å². The van der Waals surface area contributed by atoms with E-state index < -0.39 is 0 Å². The van der Waals surface area contributed by atoms with Crippen molar-refractivity contribution in [2.45, 2.75) is 13.5 Å². The number of nitrogens with zero attached hydrogens (tertiary/aromatic N) is 2. The van der Waals surface area contributed by atoms with Gasteiger partial charge in [-0.25, -0.2) is 0 Å². The van der Waals surface area contributed by atoms with Gasteiger partial charge in [0.1, 0.15) is 12.6 Å². The molecule has 3 aromatic rings. The zero-order valence-electron chi connectivity index (χ0n) is 12.6. The predicted octanol–water partition coefficient (Wildman–Crippen LogP) is 3.57. The van der Waals surface area contributed by atoms with Crippen LogP contribution in [0.2, 0.25) is 0 Å². The van der Waals surface area contributed by atoms with Gasteiger partial charge in [-0.05, 0) is 25.1 Å². The van der Waals surface area contributed by atoms with E-state index in [-0.39, 0.29) is 0 Å². The maximum absolute atomic E-state index is 5.98. The first-order valence-corrected chi connectivity index (χ1v) is 7.41. The van der Waals surface area contributed by atoms with E-state index in [1.54, 1.807) is 0 Å².